The third-order valence-electron chi connectivity index (χ3n) is 8.35. The van der Waals surface area contributed by atoms with Gasteiger partial charge in [-0.1, -0.05) is 140 Å². The van der Waals surface area contributed by atoms with Crippen LogP contribution in [0, 0.1) is 0 Å². The molecule has 0 bridgehead atoms. The summed E-state index contributed by atoms with van der Waals surface area (Å²) in [5.41, 5.74) is 8.46. The zero-order valence-electron chi connectivity index (χ0n) is 22.6. The van der Waals surface area contributed by atoms with Gasteiger partial charge in [-0.25, -0.2) is 4.98 Å². The molecule has 3 nitrogen and oxygen atoms in total. The predicted octanol–water partition coefficient (Wildman–Crippen LogP) is 9.38. The van der Waals surface area contributed by atoms with Crippen LogP contribution in [0.3, 0.4) is 0 Å². The smallest absolute Gasteiger partial charge is 0.208 e. The van der Waals surface area contributed by atoms with Crippen molar-refractivity contribution >= 4 is 22.4 Å². The number of fused-ring (bicyclic) bond motifs is 4. The predicted molar refractivity (Wildman–Crippen MR) is 171 cm³/mol. The van der Waals surface area contributed by atoms with Crippen molar-refractivity contribution in [1.29, 1.82) is 0 Å². The van der Waals surface area contributed by atoms with E-state index in [-0.39, 0.29) is 5.28 Å². The first-order chi connectivity index (χ1) is 20.7. The first-order valence-electron chi connectivity index (χ1n) is 14.0. The van der Waals surface area contributed by atoms with Crippen LogP contribution in [0.25, 0.3) is 44.7 Å². The minimum atomic E-state index is -0.576. The third-order valence-corrected chi connectivity index (χ3v) is 8.52. The van der Waals surface area contributed by atoms with E-state index in [4.69, 9.17) is 21.6 Å². The Kier molecular flexibility index (Phi) is 5.73. The molecule has 0 N–H and O–H groups in total. The molecule has 1 aliphatic rings. The molecule has 1 aliphatic carbocycles. The Bertz CT molecular complexity index is 2070. The third kappa shape index (κ3) is 3.71. The van der Waals surface area contributed by atoms with Crippen molar-refractivity contribution in [3.8, 4) is 33.9 Å². The fourth-order valence-corrected chi connectivity index (χ4v) is 6.77. The molecule has 7 aromatic rings. The number of halogens is 1. The summed E-state index contributed by atoms with van der Waals surface area (Å²) in [7, 11) is 0. The van der Waals surface area contributed by atoms with E-state index in [1.54, 1.807) is 0 Å². The molecule has 0 atom stereocenters. The maximum Gasteiger partial charge on any atom is 0.226 e. The Labute approximate surface area is 249 Å². The molecule has 0 fully saturated rings. The minimum absolute atomic E-state index is 0.166. The molecule has 0 saturated carbocycles. The van der Waals surface area contributed by atoms with Gasteiger partial charge in [-0.2, -0.15) is 9.97 Å². The Morgan fingerprint density at radius 3 is 1.64 bits per heavy atom. The van der Waals surface area contributed by atoms with Gasteiger partial charge in [0.1, 0.15) is 0 Å². The van der Waals surface area contributed by atoms with Gasteiger partial charge in [0.2, 0.25) is 5.28 Å². The van der Waals surface area contributed by atoms with Crippen molar-refractivity contribution in [3.63, 3.8) is 0 Å². The van der Waals surface area contributed by atoms with Gasteiger partial charge in [-0.05, 0) is 61.8 Å². The van der Waals surface area contributed by atoms with E-state index in [9.17, 15) is 0 Å². The number of aromatic nitrogens is 3. The normalized spacial score (nSPS) is 13.1. The number of benzene rings is 6. The molecule has 1 aromatic heterocycles. The van der Waals surface area contributed by atoms with Crippen LogP contribution < -0.4 is 0 Å². The van der Waals surface area contributed by atoms with Crippen LogP contribution in [-0.2, 0) is 5.41 Å². The second kappa shape index (κ2) is 9.76. The van der Waals surface area contributed by atoms with Gasteiger partial charge in [0, 0.05) is 11.1 Å². The number of nitrogens with zero attached hydrogens (tertiary/aromatic N) is 3. The summed E-state index contributed by atoms with van der Waals surface area (Å²) < 4.78 is 0. The van der Waals surface area contributed by atoms with E-state index in [0.29, 0.717) is 11.6 Å². The number of rotatable bonds is 4. The molecule has 4 heteroatoms. The molecule has 0 unspecified atom stereocenters. The first kappa shape index (κ1) is 24.7. The zero-order valence-corrected chi connectivity index (χ0v) is 23.3. The fourth-order valence-electron chi connectivity index (χ4n) is 6.61. The van der Waals surface area contributed by atoms with Crippen molar-refractivity contribution in [2.24, 2.45) is 0 Å². The van der Waals surface area contributed by atoms with Gasteiger partial charge in [-0.15, -0.1) is 0 Å². The molecule has 8 rings (SSSR count). The zero-order chi connectivity index (χ0) is 28.1. The standard InChI is InChI=1S/C38H24ClN3/c39-37-41-35(27-23-22-25-12-4-5-13-26(25)24-27)40-36(42-37)31-18-8-11-21-34(31)38(28-14-2-1-3-15-28)32-19-9-6-16-29(32)30-17-7-10-20-33(30)38/h1-24H. The summed E-state index contributed by atoms with van der Waals surface area (Å²) >= 11 is 6.63. The quantitative estimate of drug-likeness (QED) is 0.216. The van der Waals surface area contributed by atoms with Crippen LogP contribution >= 0.6 is 11.6 Å². The summed E-state index contributed by atoms with van der Waals surface area (Å²) in [6.07, 6.45) is 0. The van der Waals surface area contributed by atoms with Crippen LogP contribution in [0.15, 0.2) is 146 Å². The first-order valence-corrected chi connectivity index (χ1v) is 14.4. The van der Waals surface area contributed by atoms with E-state index >= 15 is 0 Å². The highest BCUT2D eigenvalue weighted by atomic mass is 35.5. The molecular formula is C38H24ClN3. The second-order valence-electron chi connectivity index (χ2n) is 10.6. The average Bonchev–Trinajstić information content (AvgIpc) is 3.36. The van der Waals surface area contributed by atoms with E-state index < -0.39 is 5.41 Å². The van der Waals surface area contributed by atoms with Gasteiger partial charge in [0.25, 0.3) is 0 Å². The Hall–Kier alpha value is -5.12. The Morgan fingerprint density at radius 1 is 0.429 bits per heavy atom. The van der Waals surface area contributed by atoms with E-state index in [2.05, 4.69) is 126 Å². The summed E-state index contributed by atoms with van der Waals surface area (Å²) in [6.45, 7) is 0. The summed E-state index contributed by atoms with van der Waals surface area (Å²) in [4.78, 5) is 14.3. The Balaban J connectivity index is 1.41. The fraction of sp³-hybridized carbons (Fsp3) is 0.0263. The molecule has 0 spiro atoms. The lowest BCUT2D eigenvalue weighted by atomic mass is 9.66. The van der Waals surface area contributed by atoms with Gasteiger partial charge >= 0.3 is 0 Å². The topological polar surface area (TPSA) is 38.7 Å². The number of hydrogen-bond donors (Lipinski definition) is 0. The monoisotopic (exact) mass is 557 g/mol. The molecule has 0 aliphatic heterocycles. The molecule has 0 amide bonds. The molecule has 0 saturated heterocycles. The van der Waals surface area contributed by atoms with Crippen LogP contribution in [0.2, 0.25) is 5.28 Å². The lowest BCUT2D eigenvalue weighted by Crippen LogP contribution is -2.29. The molecule has 42 heavy (non-hydrogen) atoms. The van der Waals surface area contributed by atoms with Gasteiger partial charge in [0.05, 0.1) is 5.41 Å². The van der Waals surface area contributed by atoms with E-state index in [1.165, 1.54) is 27.8 Å². The second-order valence-corrected chi connectivity index (χ2v) is 10.9. The van der Waals surface area contributed by atoms with Crippen LogP contribution in [0.4, 0.5) is 0 Å². The Morgan fingerprint density at radius 2 is 0.952 bits per heavy atom. The summed E-state index contributed by atoms with van der Waals surface area (Å²) in [6, 6.07) is 51.1. The number of hydrogen-bond acceptors (Lipinski definition) is 3. The maximum atomic E-state index is 6.63. The van der Waals surface area contributed by atoms with Gasteiger partial charge in [0.15, 0.2) is 11.6 Å². The lowest BCUT2D eigenvalue weighted by molar-refractivity contribution is 0.769. The van der Waals surface area contributed by atoms with Crippen molar-refractivity contribution < 1.29 is 0 Å². The average molecular weight is 558 g/mol. The molecule has 1 heterocycles. The highest BCUT2D eigenvalue weighted by Crippen LogP contribution is 2.57. The van der Waals surface area contributed by atoms with Gasteiger partial charge < -0.3 is 0 Å². The molecular weight excluding hydrogens is 534 g/mol. The van der Waals surface area contributed by atoms with E-state index in [1.807, 2.05) is 24.3 Å². The van der Waals surface area contributed by atoms with Crippen molar-refractivity contribution in [2.45, 2.75) is 5.41 Å². The highest BCUT2D eigenvalue weighted by molar-refractivity contribution is 6.28. The van der Waals surface area contributed by atoms with Crippen LogP contribution in [0.1, 0.15) is 22.3 Å². The van der Waals surface area contributed by atoms with Crippen LogP contribution in [-0.4, -0.2) is 15.0 Å². The summed E-state index contributed by atoms with van der Waals surface area (Å²) in [5.74, 6) is 1.09. The SMILES string of the molecule is Clc1nc(-c2ccc3ccccc3c2)nc(-c2ccccc2C2(c3ccccc3)c3ccccc3-c3ccccc32)n1. The van der Waals surface area contributed by atoms with Crippen molar-refractivity contribution in [3.05, 3.63) is 173 Å². The lowest BCUT2D eigenvalue weighted by Gasteiger charge is -2.35. The van der Waals surface area contributed by atoms with Crippen LogP contribution in [0.5, 0.6) is 0 Å². The molecule has 198 valence electrons. The molecule has 6 aromatic carbocycles. The van der Waals surface area contributed by atoms with Crippen molar-refractivity contribution in [1.82, 2.24) is 15.0 Å². The maximum absolute atomic E-state index is 6.63. The minimum Gasteiger partial charge on any atom is -0.208 e. The largest absolute Gasteiger partial charge is 0.226 e. The van der Waals surface area contributed by atoms with Gasteiger partial charge in [-0.3, -0.25) is 0 Å². The molecule has 0 radical (unpaired) electrons. The highest BCUT2D eigenvalue weighted by Gasteiger charge is 2.47. The summed E-state index contributed by atoms with van der Waals surface area (Å²) in [5, 5.41) is 2.45. The van der Waals surface area contributed by atoms with E-state index in [0.717, 1.165) is 27.5 Å². The van der Waals surface area contributed by atoms with Crippen molar-refractivity contribution in [2.75, 3.05) is 0 Å².